The molecule has 0 saturated carbocycles. The fourth-order valence-corrected chi connectivity index (χ4v) is 3.58. The minimum absolute atomic E-state index is 0. The summed E-state index contributed by atoms with van der Waals surface area (Å²) in [5, 5.41) is 0. The van der Waals surface area contributed by atoms with Gasteiger partial charge in [0, 0.05) is 12.1 Å². The summed E-state index contributed by atoms with van der Waals surface area (Å²) in [4.78, 5) is 15.7. The molecule has 1 fully saturated rings. The number of benzene rings is 2. The van der Waals surface area contributed by atoms with Gasteiger partial charge in [0.05, 0.1) is 12.5 Å². The number of carbonyl (C=O) groups excluding carboxylic acids is 1. The number of Topliss-reactive ketones (excluding diaryl/α,β-unsaturated/α-hetero) is 1. The van der Waals surface area contributed by atoms with E-state index in [9.17, 15) is 4.79 Å². The monoisotopic (exact) mass is 401 g/mol. The first kappa shape index (κ1) is 22.4. The smallest absolute Gasteiger partial charge is 0.171 e. The SMILES string of the molecule is CC(C)CCOc1ccc(C(=O)C(CN2CCCC2)c2ccccc2)cc1.Cl. The van der Waals surface area contributed by atoms with Crippen molar-refractivity contribution in [2.24, 2.45) is 5.92 Å². The fraction of sp³-hybridized carbons (Fsp3) is 0.458. The van der Waals surface area contributed by atoms with Crippen LogP contribution >= 0.6 is 12.4 Å². The Morgan fingerprint density at radius 1 is 1.00 bits per heavy atom. The number of ketones is 1. The van der Waals surface area contributed by atoms with Crippen molar-refractivity contribution in [3.05, 3.63) is 65.7 Å². The van der Waals surface area contributed by atoms with Crippen molar-refractivity contribution in [2.75, 3.05) is 26.2 Å². The van der Waals surface area contributed by atoms with E-state index in [2.05, 4.69) is 30.9 Å². The highest BCUT2D eigenvalue weighted by Crippen LogP contribution is 2.25. The van der Waals surface area contributed by atoms with Crippen LogP contribution in [0.15, 0.2) is 54.6 Å². The third-order valence-corrected chi connectivity index (χ3v) is 5.26. The Hall–Kier alpha value is -1.84. The Labute approximate surface area is 175 Å². The molecule has 1 aliphatic rings. The molecular formula is C24H32ClNO2. The van der Waals surface area contributed by atoms with Gasteiger partial charge in [-0.25, -0.2) is 0 Å². The third-order valence-electron chi connectivity index (χ3n) is 5.26. The average Bonchev–Trinajstić information content (AvgIpc) is 3.20. The minimum atomic E-state index is -0.114. The number of rotatable bonds is 9. The van der Waals surface area contributed by atoms with E-state index in [1.165, 1.54) is 12.8 Å². The van der Waals surface area contributed by atoms with Crippen molar-refractivity contribution in [1.29, 1.82) is 0 Å². The molecule has 3 nitrogen and oxygen atoms in total. The van der Waals surface area contributed by atoms with Crippen LogP contribution in [0.3, 0.4) is 0 Å². The fourth-order valence-electron chi connectivity index (χ4n) is 3.58. The molecule has 28 heavy (non-hydrogen) atoms. The number of carbonyl (C=O) groups is 1. The van der Waals surface area contributed by atoms with E-state index in [1.807, 2.05) is 42.5 Å². The molecule has 0 radical (unpaired) electrons. The standard InChI is InChI=1S/C24H31NO2.ClH/c1-19(2)14-17-27-22-12-10-21(11-13-22)24(26)23(18-25-15-6-7-16-25)20-8-4-3-5-9-20;/h3-5,8-13,19,23H,6-7,14-18H2,1-2H3;1H. The molecular weight excluding hydrogens is 370 g/mol. The first-order valence-electron chi connectivity index (χ1n) is 10.2. The second-order valence-electron chi connectivity index (χ2n) is 7.89. The molecule has 0 aromatic heterocycles. The normalized spacial score (nSPS) is 15.2. The van der Waals surface area contributed by atoms with Crippen molar-refractivity contribution in [1.82, 2.24) is 4.90 Å². The molecule has 0 spiro atoms. The lowest BCUT2D eigenvalue weighted by Crippen LogP contribution is -2.30. The molecule has 0 bridgehead atoms. The molecule has 1 saturated heterocycles. The summed E-state index contributed by atoms with van der Waals surface area (Å²) in [7, 11) is 0. The second kappa shape index (κ2) is 11.2. The number of likely N-dealkylation sites (tertiary alicyclic amines) is 1. The maximum atomic E-state index is 13.3. The molecule has 152 valence electrons. The van der Waals surface area contributed by atoms with E-state index in [0.717, 1.165) is 42.9 Å². The predicted octanol–water partition coefficient (Wildman–Crippen LogP) is 5.60. The summed E-state index contributed by atoms with van der Waals surface area (Å²) in [5.41, 5.74) is 1.87. The Bertz CT molecular complexity index is 709. The van der Waals surface area contributed by atoms with Crippen LogP contribution in [0, 0.1) is 5.92 Å². The van der Waals surface area contributed by atoms with Gasteiger partial charge in [-0.15, -0.1) is 12.4 Å². The maximum absolute atomic E-state index is 13.3. The van der Waals surface area contributed by atoms with Gasteiger partial charge in [0.15, 0.2) is 5.78 Å². The van der Waals surface area contributed by atoms with Gasteiger partial charge in [0.2, 0.25) is 0 Å². The molecule has 1 aliphatic heterocycles. The average molecular weight is 402 g/mol. The van der Waals surface area contributed by atoms with Gasteiger partial charge in [-0.3, -0.25) is 4.79 Å². The van der Waals surface area contributed by atoms with Crippen molar-refractivity contribution >= 4 is 18.2 Å². The van der Waals surface area contributed by atoms with Crippen molar-refractivity contribution in [3.8, 4) is 5.75 Å². The van der Waals surface area contributed by atoms with Crippen LogP contribution in [-0.2, 0) is 0 Å². The van der Waals surface area contributed by atoms with Gasteiger partial charge in [-0.2, -0.15) is 0 Å². The molecule has 1 heterocycles. The quantitative estimate of drug-likeness (QED) is 0.512. The van der Waals surface area contributed by atoms with Crippen LogP contribution in [0.5, 0.6) is 5.75 Å². The van der Waals surface area contributed by atoms with Crippen LogP contribution < -0.4 is 4.74 Å². The predicted molar refractivity (Wildman–Crippen MR) is 118 cm³/mol. The lowest BCUT2D eigenvalue weighted by Gasteiger charge is -2.23. The summed E-state index contributed by atoms with van der Waals surface area (Å²) in [6, 6.07) is 17.8. The van der Waals surface area contributed by atoms with Crippen LogP contribution in [0.4, 0.5) is 0 Å². The minimum Gasteiger partial charge on any atom is -0.494 e. The Morgan fingerprint density at radius 2 is 1.64 bits per heavy atom. The van der Waals surface area contributed by atoms with E-state index >= 15 is 0 Å². The van der Waals surface area contributed by atoms with E-state index in [4.69, 9.17) is 4.74 Å². The number of hydrogen-bond donors (Lipinski definition) is 0. The first-order chi connectivity index (χ1) is 13.1. The molecule has 2 aromatic rings. The lowest BCUT2D eigenvalue weighted by atomic mass is 9.90. The lowest BCUT2D eigenvalue weighted by molar-refractivity contribution is 0.0939. The number of hydrogen-bond acceptors (Lipinski definition) is 3. The molecule has 2 aromatic carbocycles. The highest BCUT2D eigenvalue weighted by molar-refractivity contribution is 6.01. The van der Waals surface area contributed by atoms with Gasteiger partial charge in [-0.1, -0.05) is 44.2 Å². The molecule has 0 amide bonds. The van der Waals surface area contributed by atoms with Crippen molar-refractivity contribution < 1.29 is 9.53 Å². The van der Waals surface area contributed by atoms with E-state index < -0.39 is 0 Å². The summed E-state index contributed by atoms with van der Waals surface area (Å²) in [5.74, 6) is 1.55. The molecule has 1 unspecified atom stereocenters. The molecule has 3 rings (SSSR count). The Kier molecular flexibility index (Phi) is 9.01. The highest BCUT2D eigenvalue weighted by Gasteiger charge is 2.26. The van der Waals surface area contributed by atoms with Gasteiger partial charge in [-0.05, 0) is 68.1 Å². The first-order valence-corrected chi connectivity index (χ1v) is 10.2. The molecule has 0 N–H and O–H groups in total. The summed E-state index contributed by atoms with van der Waals surface area (Å²) in [6.45, 7) is 8.09. The zero-order valence-corrected chi connectivity index (χ0v) is 17.8. The van der Waals surface area contributed by atoms with Gasteiger partial charge in [0.1, 0.15) is 5.75 Å². The van der Waals surface area contributed by atoms with Crippen LogP contribution in [0.25, 0.3) is 0 Å². The van der Waals surface area contributed by atoms with E-state index in [-0.39, 0.29) is 24.1 Å². The summed E-state index contributed by atoms with van der Waals surface area (Å²) < 4.78 is 5.78. The molecule has 1 atom stereocenters. The molecule has 0 aliphatic carbocycles. The van der Waals surface area contributed by atoms with E-state index in [0.29, 0.717) is 12.5 Å². The van der Waals surface area contributed by atoms with Gasteiger partial charge in [0.25, 0.3) is 0 Å². The van der Waals surface area contributed by atoms with Crippen LogP contribution in [0.2, 0.25) is 0 Å². The number of halogens is 1. The van der Waals surface area contributed by atoms with Gasteiger partial charge >= 0.3 is 0 Å². The molecule has 4 heteroatoms. The third kappa shape index (κ3) is 6.35. The Morgan fingerprint density at radius 3 is 2.25 bits per heavy atom. The van der Waals surface area contributed by atoms with Crippen LogP contribution in [-0.4, -0.2) is 36.9 Å². The van der Waals surface area contributed by atoms with E-state index in [1.54, 1.807) is 0 Å². The summed E-state index contributed by atoms with van der Waals surface area (Å²) in [6.07, 6.45) is 3.50. The number of nitrogens with zero attached hydrogens (tertiary/aromatic N) is 1. The van der Waals surface area contributed by atoms with Crippen molar-refractivity contribution in [2.45, 2.75) is 39.0 Å². The zero-order valence-electron chi connectivity index (χ0n) is 17.0. The largest absolute Gasteiger partial charge is 0.494 e. The van der Waals surface area contributed by atoms with Crippen molar-refractivity contribution in [3.63, 3.8) is 0 Å². The number of ether oxygens (including phenoxy) is 1. The summed E-state index contributed by atoms with van der Waals surface area (Å²) >= 11 is 0. The van der Waals surface area contributed by atoms with Gasteiger partial charge < -0.3 is 9.64 Å². The second-order valence-corrected chi connectivity index (χ2v) is 7.89. The zero-order chi connectivity index (χ0) is 19.1. The Balaban J connectivity index is 0.00000280. The maximum Gasteiger partial charge on any atom is 0.171 e. The highest BCUT2D eigenvalue weighted by atomic mass is 35.5. The topological polar surface area (TPSA) is 29.5 Å². The van der Waals surface area contributed by atoms with Crippen LogP contribution in [0.1, 0.15) is 54.9 Å².